The molecule has 0 bridgehead atoms. The second kappa shape index (κ2) is 14.7. The lowest BCUT2D eigenvalue weighted by Gasteiger charge is -2.35. The average Bonchev–Trinajstić information content (AvgIpc) is 3.45. The molecule has 2 fully saturated rings. The lowest BCUT2D eigenvalue weighted by atomic mass is 10.1. The van der Waals surface area contributed by atoms with Crippen LogP contribution in [0.25, 0.3) is 22.3 Å². The third kappa shape index (κ3) is 9.30. The lowest BCUT2D eigenvalue weighted by molar-refractivity contribution is -0.0221. The zero-order valence-corrected chi connectivity index (χ0v) is 31.5. The fourth-order valence-corrected chi connectivity index (χ4v) is 6.86. The van der Waals surface area contributed by atoms with Gasteiger partial charge in [0, 0.05) is 72.5 Å². The van der Waals surface area contributed by atoms with E-state index in [-0.39, 0.29) is 32.0 Å². The molecule has 4 aromatic rings. The summed E-state index contributed by atoms with van der Waals surface area (Å²) in [6.45, 7) is 16.3. The number of halogens is 2. The van der Waals surface area contributed by atoms with Crippen LogP contribution in [-0.2, 0) is 16.2 Å². The second-order valence-electron chi connectivity index (χ2n) is 15.5. The number of benzene rings is 1. The first kappa shape index (κ1) is 36.4. The number of rotatable bonds is 10. The van der Waals surface area contributed by atoms with Crippen LogP contribution in [0, 0.1) is 0 Å². The Morgan fingerprint density at radius 1 is 0.902 bits per heavy atom. The maximum absolute atomic E-state index is 14.0. The third-order valence-electron chi connectivity index (χ3n) is 9.00. The molecule has 0 aliphatic carbocycles. The number of amides is 1. The van der Waals surface area contributed by atoms with Crippen LogP contribution in [0.3, 0.4) is 0 Å². The van der Waals surface area contributed by atoms with E-state index in [4.69, 9.17) is 9.47 Å². The molecule has 0 saturated carbocycles. The van der Waals surface area contributed by atoms with E-state index in [1.807, 2.05) is 60.6 Å². The Kier molecular flexibility index (Phi) is 10.5. The first-order valence-electron chi connectivity index (χ1n) is 17.6. The number of nitrogens with zero attached hydrogens (tertiary/aromatic N) is 8. The van der Waals surface area contributed by atoms with Gasteiger partial charge in [0.25, 0.3) is 5.92 Å². The van der Waals surface area contributed by atoms with Gasteiger partial charge in [-0.25, -0.2) is 33.5 Å². The van der Waals surface area contributed by atoms with E-state index in [1.165, 1.54) is 6.33 Å². The van der Waals surface area contributed by atoms with Gasteiger partial charge in [-0.1, -0.05) is 31.8 Å². The number of carbonyl (C=O) groups is 1. The molecule has 1 aromatic carbocycles. The molecule has 6 rings (SSSR count). The smallest absolute Gasteiger partial charge is 0.410 e. The van der Waals surface area contributed by atoms with Gasteiger partial charge >= 0.3 is 6.09 Å². The number of carbonyl (C=O) groups excluding carboxylic acids is 1. The van der Waals surface area contributed by atoms with Gasteiger partial charge < -0.3 is 34.1 Å². The van der Waals surface area contributed by atoms with Crippen LogP contribution in [0.5, 0.6) is 0 Å². The number of hydrogen-bond acceptors (Lipinski definition) is 10. The quantitative estimate of drug-likeness (QED) is 0.133. The van der Waals surface area contributed by atoms with Gasteiger partial charge in [-0.05, 0) is 50.6 Å². The summed E-state index contributed by atoms with van der Waals surface area (Å²) in [5, 5.41) is 4.20. The highest BCUT2D eigenvalue weighted by molar-refractivity contribution is 6.76. The minimum Gasteiger partial charge on any atom is -0.444 e. The first-order chi connectivity index (χ1) is 24.1. The van der Waals surface area contributed by atoms with Crippen LogP contribution in [0.4, 0.5) is 36.7 Å². The van der Waals surface area contributed by atoms with E-state index in [0.717, 1.165) is 34.1 Å². The topological polar surface area (TPSA) is 114 Å². The summed E-state index contributed by atoms with van der Waals surface area (Å²) >= 11 is 0. The Morgan fingerprint density at radius 3 is 2.20 bits per heavy atom. The molecule has 0 unspecified atom stereocenters. The van der Waals surface area contributed by atoms with Crippen LogP contribution in [0.15, 0.2) is 49.1 Å². The highest BCUT2D eigenvalue weighted by atomic mass is 28.3. The Morgan fingerprint density at radius 2 is 1.57 bits per heavy atom. The molecular weight excluding hydrogens is 673 g/mol. The van der Waals surface area contributed by atoms with Crippen molar-refractivity contribution in [2.24, 2.45) is 0 Å². The van der Waals surface area contributed by atoms with E-state index in [1.54, 1.807) is 17.3 Å². The number of piperidine rings is 1. The van der Waals surface area contributed by atoms with Crippen LogP contribution >= 0.6 is 0 Å². The van der Waals surface area contributed by atoms with Crippen molar-refractivity contribution in [3.05, 3.63) is 49.1 Å². The highest BCUT2D eigenvalue weighted by Crippen LogP contribution is 2.36. The molecule has 0 atom stereocenters. The standard InChI is InChI=1S/C36H49F2N9O3Si/c1-35(2,3)50-34(48)46-17-15-45(16-18-46)33-39-22-28(23-40-33)43-27-9-7-26(8-10-27)30-21-29-31(44-13-11-36(37,38)12-14-44)41-24-42-32(29)47(30)25-49-19-20-51(4,5)6/h7-10,21-24,43H,11-20,25H2,1-6H3. The summed E-state index contributed by atoms with van der Waals surface area (Å²) in [7, 11) is -1.28. The lowest BCUT2D eigenvalue weighted by Crippen LogP contribution is -2.50. The molecule has 1 N–H and O–H groups in total. The number of aromatic nitrogens is 5. The van der Waals surface area contributed by atoms with Crippen LogP contribution in [0.1, 0.15) is 33.6 Å². The maximum Gasteiger partial charge on any atom is 0.410 e. The molecule has 51 heavy (non-hydrogen) atoms. The third-order valence-corrected chi connectivity index (χ3v) is 10.7. The number of hydrogen-bond donors (Lipinski definition) is 1. The fraction of sp³-hybridized carbons (Fsp3) is 0.528. The summed E-state index contributed by atoms with van der Waals surface area (Å²) in [6, 6.07) is 11.1. The molecular formula is C36H49F2N9O3Si. The van der Waals surface area contributed by atoms with Gasteiger partial charge in [0.1, 0.15) is 30.1 Å². The Bertz CT molecular complexity index is 1790. The first-order valence-corrected chi connectivity index (χ1v) is 21.3. The number of fused-ring (bicyclic) bond motifs is 1. The Labute approximate surface area is 299 Å². The predicted octanol–water partition coefficient (Wildman–Crippen LogP) is 7.24. The van der Waals surface area contributed by atoms with Gasteiger partial charge in [-0.2, -0.15) is 0 Å². The molecule has 2 aliphatic heterocycles. The molecule has 2 saturated heterocycles. The van der Waals surface area contributed by atoms with Crippen molar-refractivity contribution in [1.29, 1.82) is 0 Å². The molecule has 12 nitrogen and oxygen atoms in total. The molecule has 5 heterocycles. The number of nitrogens with one attached hydrogen (secondary N) is 1. The molecule has 0 spiro atoms. The number of ether oxygens (including phenoxy) is 2. The summed E-state index contributed by atoms with van der Waals surface area (Å²) in [6.07, 6.45) is 4.33. The highest BCUT2D eigenvalue weighted by Gasteiger charge is 2.35. The average molecular weight is 722 g/mol. The summed E-state index contributed by atoms with van der Waals surface area (Å²) in [5.74, 6) is -1.36. The van der Waals surface area contributed by atoms with Crippen LogP contribution in [-0.4, -0.2) is 101 Å². The molecule has 15 heteroatoms. The zero-order chi connectivity index (χ0) is 36.4. The molecule has 1 amide bonds. The van der Waals surface area contributed by atoms with E-state index in [9.17, 15) is 13.6 Å². The molecule has 2 aliphatic rings. The van der Waals surface area contributed by atoms with E-state index in [0.29, 0.717) is 56.9 Å². The van der Waals surface area contributed by atoms with Crippen LogP contribution < -0.4 is 15.1 Å². The number of alkyl halides is 2. The van der Waals surface area contributed by atoms with Crippen molar-refractivity contribution in [3.8, 4) is 11.3 Å². The number of anilines is 4. The monoisotopic (exact) mass is 721 g/mol. The summed E-state index contributed by atoms with van der Waals surface area (Å²) < 4.78 is 41.7. The van der Waals surface area contributed by atoms with Gasteiger partial charge in [0.05, 0.1) is 29.2 Å². The fourth-order valence-electron chi connectivity index (χ4n) is 6.11. The van der Waals surface area contributed by atoms with Crippen LogP contribution in [0.2, 0.25) is 25.7 Å². The SMILES string of the molecule is CC(C)(C)OC(=O)N1CCN(c2ncc(Nc3ccc(-c4cc5c(N6CCC(F)(F)CC6)ncnc5n4COCC[Si](C)(C)C)cc3)cn2)CC1. The van der Waals surface area contributed by atoms with Gasteiger partial charge in [0.15, 0.2) is 0 Å². The van der Waals surface area contributed by atoms with Crippen molar-refractivity contribution >= 4 is 48.3 Å². The predicted molar refractivity (Wildman–Crippen MR) is 199 cm³/mol. The van der Waals surface area contributed by atoms with Crippen molar-refractivity contribution in [2.45, 2.75) is 77.6 Å². The summed E-state index contributed by atoms with van der Waals surface area (Å²) in [5.41, 5.74) is 3.67. The number of piperazine rings is 1. The Hall–Kier alpha value is -4.37. The van der Waals surface area contributed by atoms with Crippen molar-refractivity contribution in [2.75, 3.05) is 61.0 Å². The van der Waals surface area contributed by atoms with E-state index < -0.39 is 19.6 Å². The van der Waals surface area contributed by atoms with E-state index >= 15 is 0 Å². The maximum atomic E-state index is 14.0. The van der Waals surface area contributed by atoms with Crippen molar-refractivity contribution < 1.29 is 23.0 Å². The molecule has 0 radical (unpaired) electrons. The second-order valence-corrected chi connectivity index (χ2v) is 21.1. The van der Waals surface area contributed by atoms with Crippen molar-refractivity contribution in [1.82, 2.24) is 29.4 Å². The van der Waals surface area contributed by atoms with Gasteiger partial charge in [-0.3, -0.25) is 0 Å². The Balaban J connectivity index is 1.15. The van der Waals surface area contributed by atoms with Gasteiger partial charge in [0.2, 0.25) is 5.95 Å². The van der Waals surface area contributed by atoms with Crippen molar-refractivity contribution in [3.63, 3.8) is 0 Å². The normalized spacial score (nSPS) is 16.8. The minimum atomic E-state index is -2.64. The molecule has 274 valence electrons. The molecule has 3 aromatic heterocycles. The largest absolute Gasteiger partial charge is 0.444 e. The van der Waals surface area contributed by atoms with E-state index in [2.05, 4.69) is 49.8 Å². The minimum absolute atomic E-state index is 0.194. The zero-order valence-electron chi connectivity index (χ0n) is 30.5. The van der Waals surface area contributed by atoms with Gasteiger partial charge in [-0.15, -0.1) is 0 Å². The summed E-state index contributed by atoms with van der Waals surface area (Å²) in [4.78, 5) is 36.5.